The van der Waals surface area contributed by atoms with Gasteiger partial charge in [0.15, 0.2) is 0 Å². The van der Waals surface area contributed by atoms with Crippen molar-refractivity contribution in [2.45, 2.75) is 62.3 Å². The van der Waals surface area contributed by atoms with Crippen LogP contribution in [0.1, 0.15) is 44.9 Å². The number of rotatable bonds is 1. The summed E-state index contributed by atoms with van der Waals surface area (Å²) in [4.78, 5) is 14.6. The van der Waals surface area contributed by atoms with E-state index in [2.05, 4.69) is 17.9 Å². The first-order valence-electron chi connectivity index (χ1n) is 7.47. The molecule has 1 saturated carbocycles. The summed E-state index contributed by atoms with van der Waals surface area (Å²) < 4.78 is 0. The van der Waals surface area contributed by atoms with Crippen LogP contribution in [0.15, 0.2) is 0 Å². The maximum atomic E-state index is 12.5. The molecule has 2 aliphatic heterocycles. The van der Waals surface area contributed by atoms with Crippen LogP contribution in [0.2, 0.25) is 0 Å². The molecule has 0 bridgehead atoms. The van der Waals surface area contributed by atoms with E-state index in [0.29, 0.717) is 17.2 Å². The Hall–Kier alpha value is -0.220. The van der Waals surface area contributed by atoms with E-state index in [0.717, 1.165) is 38.3 Å². The molecule has 0 aromatic heterocycles. The zero-order chi connectivity index (χ0) is 12.5. The molecule has 1 amide bonds. The van der Waals surface area contributed by atoms with Crippen molar-refractivity contribution in [1.29, 1.82) is 0 Å². The van der Waals surface area contributed by atoms with Gasteiger partial charge in [-0.2, -0.15) is 12.6 Å². The molecule has 1 N–H and O–H groups in total. The van der Waals surface area contributed by atoms with Crippen LogP contribution in [0.25, 0.3) is 0 Å². The second-order valence-corrected chi connectivity index (χ2v) is 6.92. The number of hydrogen-bond acceptors (Lipinski definition) is 3. The van der Waals surface area contributed by atoms with Crippen LogP contribution in [-0.4, -0.2) is 41.2 Å². The molecule has 3 nitrogen and oxygen atoms in total. The van der Waals surface area contributed by atoms with Crippen LogP contribution >= 0.6 is 12.6 Å². The van der Waals surface area contributed by atoms with Gasteiger partial charge >= 0.3 is 0 Å². The van der Waals surface area contributed by atoms with Gasteiger partial charge in [0.1, 0.15) is 0 Å². The number of carbonyl (C=O) groups is 1. The minimum atomic E-state index is 0.0942. The zero-order valence-corrected chi connectivity index (χ0v) is 11.9. The van der Waals surface area contributed by atoms with Crippen molar-refractivity contribution in [2.24, 2.45) is 5.92 Å². The number of carbonyl (C=O) groups excluding carboxylic acids is 1. The summed E-state index contributed by atoms with van der Waals surface area (Å²) in [6.07, 6.45) is 8.59. The SMILES string of the molecule is O=C(C1CC2CCCCC2N1)N1CCCC(S)C1. The van der Waals surface area contributed by atoms with Gasteiger partial charge in [-0.15, -0.1) is 0 Å². The van der Waals surface area contributed by atoms with Gasteiger partial charge in [0, 0.05) is 24.4 Å². The molecule has 3 aliphatic rings. The number of nitrogens with zero attached hydrogens (tertiary/aromatic N) is 1. The Morgan fingerprint density at radius 2 is 2.00 bits per heavy atom. The number of piperidine rings is 1. The number of hydrogen-bond donors (Lipinski definition) is 2. The molecule has 3 rings (SSSR count). The van der Waals surface area contributed by atoms with Crippen LogP contribution < -0.4 is 5.32 Å². The van der Waals surface area contributed by atoms with E-state index in [4.69, 9.17) is 0 Å². The third-order valence-electron chi connectivity index (χ3n) is 4.87. The van der Waals surface area contributed by atoms with E-state index in [-0.39, 0.29) is 6.04 Å². The largest absolute Gasteiger partial charge is 0.340 e. The van der Waals surface area contributed by atoms with E-state index in [9.17, 15) is 4.79 Å². The number of amides is 1. The molecule has 0 aromatic carbocycles. The monoisotopic (exact) mass is 268 g/mol. The Kier molecular flexibility index (Phi) is 3.85. The summed E-state index contributed by atoms with van der Waals surface area (Å²) in [5.41, 5.74) is 0. The minimum Gasteiger partial charge on any atom is -0.340 e. The van der Waals surface area contributed by atoms with Gasteiger partial charge in [-0.05, 0) is 38.0 Å². The lowest BCUT2D eigenvalue weighted by Crippen LogP contribution is -2.49. The lowest BCUT2D eigenvalue weighted by molar-refractivity contribution is -0.133. The van der Waals surface area contributed by atoms with Crippen molar-refractivity contribution in [3.8, 4) is 0 Å². The second-order valence-electron chi connectivity index (χ2n) is 6.19. The molecule has 3 fully saturated rings. The highest BCUT2D eigenvalue weighted by Gasteiger charge is 2.40. The van der Waals surface area contributed by atoms with E-state index >= 15 is 0 Å². The highest BCUT2D eigenvalue weighted by Crippen LogP contribution is 2.34. The second kappa shape index (κ2) is 5.41. The molecule has 0 spiro atoms. The van der Waals surface area contributed by atoms with Gasteiger partial charge in [0.25, 0.3) is 0 Å². The molecule has 2 saturated heterocycles. The quantitative estimate of drug-likeness (QED) is 0.711. The normalized spacial score (nSPS) is 40.6. The van der Waals surface area contributed by atoms with Crippen molar-refractivity contribution in [3.63, 3.8) is 0 Å². The average Bonchev–Trinajstić information content (AvgIpc) is 2.81. The Morgan fingerprint density at radius 1 is 1.17 bits per heavy atom. The molecule has 18 heavy (non-hydrogen) atoms. The van der Waals surface area contributed by atoms with Crippen molar-refractivity contribution in [1.82, 2.24) is 10.2 Å². The summed E-state index contributed by atoms with van der Waals surface area (Å²) in [6.45, 7) is 1.78. The number of nitrogens with one attached hydrogen (secondary N) is 1. The maximum absolute atomic E-state index is 12.5. The Morgan fingerprint density at radius 3 is 2.78 bits per heavy atom. The number of fused-ring (bicyclic) bond motifs is 1. The van der Waals surface area contributed by atoms with Crippen LogP contribution in [0.4, 0.5) is 0 Å². The molecule has 0 aromatic rings. The average molecular weight is 268 g/mol. The predicted molar refractivity (Wildman–Crippen MR) is 75.9 cm³/mol. The van der Waals surface area contributed by atoms with Crippen LogP contribution in [-0.2, 0) is 4.79 Å². The highest BCUT2D eigenvalue weighted by molar-refractivity contribution is 7.81. The fourth-order valence-electron chi connectivity index (χ4n) is 3.89. The number of likely N-dealkylation sites (tertiary alicyclic amines) is 1. The summed E-state index contributed by atoms with van der Waals surface area (Å²) in [5.74, 6) is 1.09. The molecule has 4 atom stereocenters. The Bertz CT molecular complexity index is 309. The molecular weight excluding hydrogens is 244 g/mol. The van der Waals surface area contributed by atoms with Gasteiger partial charge < -0.3 is 10.2 Å². The minimum absolute atomic E-state index is 0.0942. The van der Waals surface area contributed by atoms with Crippen molar-refractivity contribution < 1.29 is 4.79 Å². The lowest BCUT2D eigenvalue weighted by atomic mass is 9.85. The van der Waals surface area contributed by atoms with Crippen LogP contribution in [0.3, 0.4) is 0 Å². The lowest BCUT2D eigenvalue weighted by Gasteiger charge is -2.32. The highest BCUT2D eigenvalue weighted by atomic mass is 32.1. The third-order valence-corrected chi connectivity index (χ3v) is 5.29. The van der Waals surface area contributed by atoms with Crippen molar-refractivity contribution >= 4 is 18.5 Å². The van der Waals surface area contributed by atoms with Gasteiger partial charge in [-0.25, -0.2) is 0 Å². The topological polar surface area (TPSA) is 32.3 Å². The zero-order valence-electron chi connectivity index (χ0n) is 11.0. The van der Waals surface area contributed by atoms with Crippen LogP contribution in [0, 0.1) is 5.92 Å². The molecule has 0 radical (unpaired) electrons. The molecule has 4 heteroatoms. The molecule has 1 aliphatic carbocycles. The molecule has 4 unspecified atom stereocenters. The first kappa shape index (κ1) is 12.8. The van der Waals surface area contributed by atoms with E-state index < -0.39 is 0 Å². The fourth-order valence-corrected chi connectivity index (χ4v) is 4.27. The van der Waals surface area contributed by atoms with Crippen molar-refractivity contribution in [2.75, 3.05) is 13.1 Å². The smallest absolute Gasteiger partial charge is 0.239 e. The predicted octanol–water partition coefficient (Wildman–Crippen LogP) is 1.83. The summed E-state index contributed by atoms with van der Waals surface area (Å²) in [7, 11) is 0. The summed E-state index contributed by atoms with van der Waals surface area (Å²) in [5, 5.41) is 3.97. The third kappa shape index (κ3) is 2.55. The number of thiol groups is 1. The van der Waals surface area contributed by atoms with E-state index in [1.165, 1.54) is 25.7 Å². The first-order chi connectivity index (χ1) is 8.74. The van der Waals surface area contributed by atoms with E-state index in [1.807, 2.05) is 4.90 Å². The van der Waals surface area contributed by atoms with Gasteiger partial charge in [-0.1, -0.05) is 12.8 Å². The Labute approximate surface area is 115 Å². The van der Waals surface area contributed by atoms with Crippen molar-refractivity contribution in [3.05, 3.63) is 0 Å². The first-order valence-corrected chi connectivity index (χ1v) is 7.98. The van der Waals surface area contributed by atoms with Gasteiger partial charge in [0.2, 0.25) is 5.91 Å². The van der Waals surface area contributed by atoms with E-state index in [1.54, 1.807) is 0 Å². The summed E-state index contributed by atoms with van der Waals surface area (Å²) in [6, 6.07) is 0.709. The summed E-state index contributed by atoms with van der Waals surface area (Å²) >= 11 is 4.53. The van der Waals surface area contributed by atoms with Gasteiger partial charge in [0.05, 0.1) is 6.04 Å². The Balaban J connectivity index is 1.59. The fraction of sp³-hybridized carbons (Fsp3) is 0.929. The molecular formula is C14H24N2OS. The molecule has 102 valence electrons. The van der Waals surface area contributed by atoms with Gasteiger partial charge in [-0.3, -0.25) is 4.79 Å². The standard InChI is InChI=1S/C14H24N2OS/c17-14(16-7-3-5-11(18)9-16)13-8-10-4-1-2-6-12(10)15-13/h10-13,15,18H,1-9H2. The van der Waals surface area contributed by atoms with Crippen LogP contribution in [0.5, 0.6) is 0 Å². The molecule has 2 heterocycles. The maximum Gasteiger partial charge on any atom is 0.239 e.